The molecule has 4 rings (SSSR count). The Bertz CT molecular complexity index is 1230. The van der Waals surface area contributed by atoms with Crippen molar-refractivity contribution in [1.82, 2.24) is 19.6 Å². The van der Waals surface area contributed by atoms with Crippen molar-refractivity contribution in [2.75, 3.05) is 0 Å². The molecule has 0 saturated carbocycles. The lowest BCUT2D eigenvalue weighted by molar-refractivity contribution is -0.137. The zero-order valence-electron chi connectivity index (χ0n) is 14.6. The zero-order valence-corrected chi connectivity index (χ0v) is 15.4. The maximum Gasteiger partial charge on any atom is 0.416 e. The minimum absolute atomic E-state index is 0.184. The molecule has 2 aromatic carbocycles. The number of nitrogens with zero attached hydrogens (tertiary/aromatic N) is 3. The van der Waals surface area contributed by atoms with Crippen molar-refractivity contribution >= 4 is 17.4 Å². The Labute approximate surface area is 165 Å². The number of rotatable bonds is 4. The fourth-order valence-corrected chi connectivity index (χ4v) is 3.55. The Kier molecular flexibility index (Phi) is 4.87. The normalized spacial score (nSPS) is 11.9. The van der Waals surface area contributed by atoms with E-state index in [0.717, 1.165) is 28.4 Å². The molecule has 148 valence electrons. The van der Waals surface area contributed by atoms with Crippen LogP contribution in [-0.2, 0) is 11.9 Å². The summed E-state index contributed by atoms with van der Waals surface area (Å²) in [6.45, 7) is 0. The third-order valence-electron chi connectivity index (χ3n) is 4.14. The van der Waals surface area contributed by atoms with Crippen molar-refractivity contribution in [3.63, 3.8) is 0 Å². The van der Waals surface area contributed by atoms with Crippen LogP contribution in [0.1, 0.15) is 11.1 Å². The number of benzene rings is 2. The molecule has 0 atom stereocenters. The van der Waals surface area contributed by atoms with Gasteiger partial charge < -0.3 is 0 Å². The standard InChI is InChI=1S/C19H12F4N4OS/c20-14-6-4-12(5-7-14)15-9-24-27-16(15)25-17(26-18(27)28)29-10-11-2-1-3-13(8-11)19(21,22)23/h1-9H,10H2,(H,25,26,28). The molecule has 0 saturated heterocycles. The third-order valence-corrected chi connectivity index (χ3v) is 5.09. The van der Waals surface area contributed by atoms with Crippen LogP contribution in [0.25, 0.3) is 16.8 Å². The van der Waals surface area contributed by atoms with Crippen molar-refractivity contribution in [2.24, 2.45) is 0 Å². The van der Waals surface area contributed by atoms with Gasteiger partial charge in [0.25, 0.3) is 0 Å². The van der Waals surface area contributed by atoms with Gasteiger partial charge in [-0.05, 0) is 29.3 Å². The Morgan fingerprint density at radius 2 is 1.86 bits per heavy atom. The molecule has 2 heterocycles. The largest absolute Gasteiger partial charge is 0.416 e. The van der Waals surface area contributed by atoms with Crippen molar-refractivity contribution in [1.29, 1.82) is 0 Å². The maximum absolute atomic E-state index is 13.2. The number of alkyl halides is 3. The average Bonchev–Trinajstić information content (AvgIpc) is 3.11. The van der Waals surface area contributed by atoms with E-state index in [-0.39, 0.29) is 16.6 Å². The molecular formula is C19H12F4N4OS. The van der Waals surface area contributed by atoms with Gasteiger partial charge in [-0.1, -0.05) is 42.1 Å². The molecule has 0 aliphatic heterocycles. The summed E-state index contributed by atoms with van der Waals surface area (Å²) < 4.78 is 52.8. The number of hydrogen-bond acceptors (Lipinski definition) is 4. The highest BCUT2D eigenvalue weighted by Gasteiger charge is 2.30. The fourth-order valence-electron chi connectivity index (χ4n) is 2.76. The van der Waals surface area contributed by atoms with E-state index < -0.39 is 23.2 Å². The predicted molar refractivity (Wildman–Crippen MR) is 100 cm³/mol. The monoisotopic (exact) mass is 420 g/mol. The van der Waals surface area contributed by atoms with Crippen LogP contribution in [0.3, 0.4) is 0 Å². The van der Waals surface area contributed by atoms with E-state index in [1.165, 1.54) is 24.4 Å². The summed E-state index contributed by atoms with van der Waals surface area (Å²) >= 11 is 1.10. The van der Waals surface area contributed by atoms with Gasteiger partial charge in [0.05, 0.1) is 11.8 Å². The van der Waals surface area contributed by atoms with Crippen LogP contribution in [0.4, 0.5) is 17.6 Å². The second-order valence-corrected chi connectivity index (χ2v) is 7.10. The summed E-state index contributed by atoms with van der Waals surface area (Å²) in [5, 5.41) is 4.24. The Morgan fingerprint density at radius 3 is 2.59 bits per heavy atom. The van der Waals surface area contributed by atoms with Crippen molar-refractivity contribution in [2.45, 2.75) is 17.1 Å². The van der Waals surface area contributed by atoms with Gasteiger partial charge in [-0.15, -0.1) is 0 Å². The smallest absolute Gasteiger partial charge is 0.285 e. The summed E-state index contributed by atoms with van der Waals surface area (Å²) in [6.07, 6.45) is -2.97. The molecule has 5 nitrogen and oxygen atoms in total. The molecule has 0 aliphatic rings. The highest BCUT2D eigenvalue weighted by atomic mass is 32.2. The quantitative estimate of drug-likeness (QED) is 0.389. The number of halogens is 4. The van der Waals surface area contributed by atoms with Crippen molar-refractivity contribution < 1.29 is 17.6 Å². The van der Waals surface area contributed by atoms with E-state index in [1.54, 1.807) is 18.2 Å². The number of thioether (sulfide) groups is 1. The van der Waals surface area contributed by atoms with Crippen LogP contribution in [0.2, 0.25) is 0 Å². The van der Waals surface area contributed by atoms with Crippen molar-refractivity contribution in [3.8, 4) is 11.1 Å². The highest BCUT2D eigenvalue weighted by molar-refractivity contribution is 7.98. The minimum atomic E-state index is -4.42. The molecule has 0 bridgehead atoms. The van der Waals surface area contributed by atoms with Gasteiger partial charge >= 0.3 is 11.9 Å². The summed E-state index contributed by atoms with van der Waals surface area (Å²) in [5.74, 6) is -0.211. The van der Waals surface area contributed by atoms with Crippen LogP contribution in [0.5, 0.6) is 0 Å². The summed E-state index contributed by atoms with van der Waals surface area (Å²) in [6, 6.07) is 10.6. The lowest BCUT2D eigenvalue weighted by Gasteiger charge is -2.08. The molecule has 0 amide bonds. The van der Waals surface area contributed by atoms with Gasteiger partial charge in [0.15, 0.2) is 10.8 Å². The summed E-state index contributed by atoms with van der Waals surface area (Å²) in [5.41, 5.74) is 0.619. The number of nitrogens with one attached hydrogen (secondary N) is 1. The molecule has 10 heteroatoms. The predicted octanol–water partition coefficient (Wildman–Crippen LogP) is 4.53. The van der Waals surface area contributed by atoms with E-state index >= 15 is 0 Å². The molecule has 0 aliphatic carbocycles. The van der Waals surface area contributed by atoms with Crippen LogP contribution >= 0.6 is 11.8 Å². The van der Waals surface area contributed by atoms with Crippen LogP contribution in [-0.4, -0.2) is 19.6 Å². The zero-order chi connectivity index (χ0) is 20.6. The van der Waals surface area contributed by atoms with Crippen LogP contribution < -0.4 is 5.69 Å². The molecule has 4 aromatic rings. The SMILES string of the molecule is O=c1[nH]c(SCc2cccc(C(F)(F)F)c2)nc2c(-c3ccc(F)cc3)cnn12. The summed E-state index contributed by atoms with van der Waals surface area (Å²) in [7, 11) is 0. The van der Waals surface area contributed by atoms with E-state index in [2.05, 4.69) is 15.1 Å². The molecule has 29 heavy (non-hydrogen) atoms. The second kappa shape index (κ2) is 7.36. The average molecular weight is 420 g/mol. The number of aromatic nitrogens is 4. The van der Waals surface area contributed by atoms with E-state index in [0.29, 0.717) is 16.7 Å². The van der Waals surface area contributed by atoms with E-state index in [4.69, 9.17) is 0 Å². The topological polar surface area (TPSA) is 63.0 Å². The van der Waals surface area contributed by atoms with Crippen molar-refractivity contribution in [3.05, 3.63) is 82.2 Å². The number of aromatic amines is 1. The molecule has 2 aromatic heterocycles. The third kappa shape index (κ3) is 4.02. The Hall–Kier alpha value is -3.14. The molecular weight excluding hydrogens is 408 g/mol. The number of hydrogen-bond donors (Lipinski definition) is 1. The lowest BCUT2D eigenvalue weighted by atomic mass is 10.1. The number of fused-ring (bicyclic) bond motifs is 1. The van der Waals surface area contributed by atoms with E-state index in [1.807, 2.05) is 0 Å². The van der Waals surface area contributed by atoms with Gasteiger partial charge in [-0.3, -0.25) is 4.98 Å². The Balaban J connectivity index is 1.64. The Morgan fingerprint density at radius 1 is 1.10 bits per heavy atom. The first-order valence-electron chi connectivity index (χ1n) is 8.34. The first-order chi connectivity index (χ1) is 13.8. The summed E-state index contributed by atoms with van der Waals surface area (Å²) in [4.78, 5) is 19.2. The molecule has 0 spiro atoms. The first-order valence-corrected chi connectivity index (χ1v) is 9.33. The van der Waals surface area contributed by atoms with Gasteiger partial charge in [0, 0.05) is 11.3 Å². The number of H-pyrrole nitrogens is 1. The van der Waals surface area contributed by atoms with Gasteiger partial charge in [-0.25, -0.2) is 14.2 Å². The van der Waals surface area contributed by atoms with E-state index in [9.17, 15) is 22.4 Å². The first kappa shape index (κ1) is 19.2. The molecule has 1 N–H and O–H groups in total. The molecule has 0 fully saturated rings. The van der Waals surface area contributed by atoms with Crippen LogP contribution in [0, 0.1) is 5.82 Å². The van der Waals surface area contributed by atoms with Gasteiger partial charge in [0.2, 0.25) is 0 Å². The minimum Gasteiger partial charge on any atom is -0.285 e. The molecule has 0 radical (unpaired) electrons. The van der Waals surface area contributed by atoms with Crippen LogP contribution in [0.15, 0.2) is 64.7 Å². The van der Waals surface area contributed by atoms with Gasteiger partial charge in [0.1, 0.15) is 5.82 Å². The molecule has 0 unspecified atom stereocenters. The van der Waals surface area contributed by atoms with Gasteiger partial charge in [-0.2, -0.15) is 22.8 Å². The maximum atomic E-state index is 13.2. The highest BCUT2D eigenvalue weighted by Crippen LogP contribution is 2.31. The second-order valence-electron chi connectivity index (χ2n) is 6.13. The fraction of sp³-hybridized carbons (Fsp3) is 0.105. The lowest BCUT2D eigenvalue weighted by Crippen LogP contribution is -2.19.